The number of benzene rings is 2. The van der Waals surface area contributed by atoms with Gasteiger partial charge in [-0.05, 0) is 42.2 Å². The highest BCUT2D eigenvalue weighted by atomic mass is 79.9. The van der Waals surface area contributed by atoms with Crippen molar-refractivity contribution in [3.05, 3.63) is 58.6 Å². The van der Waals surface area contributed by atoms with Gasteiger partial charge in [0.05, 0.1) is 5.60 Å². The van der Waals surface area contributed by atoms with Gasteiger partial charge in [0.2, 0.25) is 0 Å². The van der Waals surface area contributed by atoms with Crippen molar-refractivity contribution in [3.63, 3.8) is 0 Å². The van der Waals surface area contributed by atoms with Crippen LogP contribution in [0.3, 0.4) is 0 Å². The molecule has 100 valence electrons. The van der Waals surface area contributed by atoms with E-state index in [1.54, 1.807) is 0 Å². The van der Waals surface area contributed by atoms with Crippen molar-refractivity contribution in [1.29, 1.82) is 0 Å². The first-order valence-electron chi connectivity index (χ1n) is 6.18. The molecular formula is C16H16Br2O. The van der Waals surface area contributed by atoms with Crippen molar-refractivity contribution < 1.29 is 5.11 Å². The van der Waals surface area contributed by atoms with Gasteiger partial charge in [0.25, 0.3) is 0 Å². The van der Waals surface area contributed by atoms with Crippen molar-refractivity contribution >= 4 is 31.9 Å². The zero-order valence-electron chi connectivity index (χ0n) is 10.7. The maximum Gasteiger partial charge on any atom is 0.0876 e. The first-order chi connectivity index (χ1) is 9.03. The van der Waals surface area contributed by atoms with Crippen LogP contribution in [0.5, 0.6) is 0 Å². The number of aliphatic hydroxyl groups is 1. The van der Waals surface area contributed by atoms with Crippen molar-refractivity contribution in [2.45, 2.75) is 18.9 Å². The zero-order valence-corrected chi connectivity index (χ0v) is 13.9. The summed E-state index contributed by atoms with van der Waals surface area (Å²) in [5.41, 5.74) is 2.51. The van der Waals surface area contributed by atoms with E-state index in [1.807, 2.05) is 31.2 Å². The molecule has 2 rings (SSSR count). The van der Waals surface area contributed by atoms with Gasteiger partial charge in [-0.2, -0.15) is 0 Å². The quantitative estimate of drug-likeness (QED) is 0.727. The van der Waals surface area contributed by atoms with E-state index >= 15 is 0 Å². The Kier molecular flexibility index (Phi) is 4.82. The lowest BCUT2D eigenvalue weighted by Gasteiger charge is -2.23. The molecule has 0 aromatic heterocycles. The Hall–Kier alpha value is -0.640. The van der Waals surface area contributed by atoms with Gasteiger partial charge in [0.15, 0.2) is 0 Å². The van der Waals surface area contributed by atoms with Crippen LogP contribution < -0.4 is 0 Å². The minimum Gasteiger partial charge on any atom is -0.385 e. The standard InChI is InChI=1S/C16H16Br2O/c1-16(19,10-11-17)14-6-2-12(3-7-14)13-4-8-15(18)9-5-13/h2-9,19H,10-11H2,1H3. The highest BCUT2D eigenvalue weighted by Gasteiger charge is 2.21. The normalized spacial score (nSPS) is 14.1. The first kappa shape index (κ1) is 14.8. The molecule has 3 heteroatoms. The predicted molar refractivity (Wildman–Crippen MR) is 87.6 cm³/mol. The maximum atomic E-state index is 10.3. The van der Waals surface area contributed by atoms with Crippen LogP contribution in [-0.4, -0.2) is 10.4 Å². The third-order valence-electron chi connectivity index (χ3n) is 3.27. The lowest BCUT2D eigenvalue weighted by atomic mass is 9.92. The van der Waals surface area contributed by atoms with E-state index < -0.39 is 5.60 Å². The molecule has 0 saturated carbocycles. The van der Waals surface area contributed by atoms with Crippen LogP contribution in [0.1, 0.15) is 18.9 Å². The van der Waals surface area contributed by atoms with Crippen LogP contribution in [0.4, 0.5) is 0 Å². The highest BCUT2D eigenvalue weighted by Crippen LogP contribution is 2.28. The molecule has 1 N–H and O–H groups in total. The van der Waals surface area contributed by atoms with Crippen LogP contribution in [-0.2, 0) is 5.60 Å². The van der Waals surface area contributed by atoms with E-state index in [1.165, 1.54) is 5.56 Å². The number of halogens is 2. The summed E-state index contributed by atoms with van der Waals surface area (Å²) >= 11 is 6.81. The molecule has 0 saturated heterocycles. The molecule has 0 radical (unpaired) electrons. The van der Waals surface area contributed by atoms with Gasteiger partial charge < -0.3 is 5.11 Å². The van der Waals surface area contributed by atoms with Gasteiger partial charge in [0.1, 0.15) is 0 Å². The van der Waals surface area contributed by atoms with Crippen molar-refractivity contribution in [2.24, 2.45) is 0 Å². The van der Waals surface area contributed by atoms with Crippen LogP contribution >= 0.6 is 31.9 Å². The second kappa shape index (κ2) is 6.21. The van der Waals surface area contributed by atoms with E-state index in [4.69, 9.17) is 0 Å². The summed E-state index contributed by atoms with van der Waals surface area (Å²) in [6.07, 6.45) is 0.699. The van der Waals surface area contributed by atoms with Gasteiger partial charge in [-0.1, -0.05) is 68.3 Å². The number of hydrogen-bond acceptors (Lipinski definition) is 1. The Morgan fingerprint density at radius 2 is 1.42 bits per heavy atom. The average molecular weight is 384 g/mol. The lowest BCUT2D eigenvalue weighted by Crippen LogP contribution is -2.21. The Balaban J connectivity index is 2.25. The molecular weight excluding hydrogens is 368 g/mol. The second-order valence-corrected chi connectivity index (χ2v) is 6.51. The Bertz CT molecular complexity index is 530. The third-order valence-corrected chi connectivity index (χ3v) is 4.19. The van der Waals surface area contributed by atoms with E-state index in [0.29, 0.717) is 6.42 Å². The summed E-state index contributed by atoms with van der Waals surface area (Å²) in [4.78, 5) is 0. The molecule has 0 fully saturated rings. The minimum atomic E-state index is -0.776. The Morgan fingerprint density at radius 3 is 1.89 bits per heavy atom. The molecule has 0 bridgehead atoms. The number of hydrogen-bond donors (Lipinski definition) is 1. The monoisotopic (exact) mass is 382 g/mol. The van der Waals surface area contributed by atoms with E-state index in [0.717, 1.165) is 20.9 Å². The highest BCUT2D eigenvalue weighted by molar-refractivity contribution is 9.10. The number of alkyl halides is 1. The first-order valence-corrected chi connectivity index (χ1v) is 8.09. The maximum absolute atomic E-state index is 10.3. The molecule has 1 nitrogen and oxygen atoms in total. The van der Waals surface area contributed by atoms with Crippen LogP contribution in [0.25, 0.3) is 11.1 Å². The smallest absolute Gasteiger partial charge is 0.0876 e. The Labute approximate surface area is 130 Å². The van der Waals surface area contributed by atoms with E-state index in [-0.39, 0.29) is 0 Å². The van der Waals surface area contributed by atoms with Gasteiger partial charge in [-0.15, -0.1) is 0 Å². The van der Waals surface area contributed by atoms with Gasteiger partial charge >= 0.3 is 0 Å². The summed E-state index contributed by atoms with van der Waals surface area (Å²) in [6, 6.07) is 16.3. The molecule has 0 aliphatic carbocycles. The van der Waals surface area contributed by atoms with Gasteiger partial charge in [-0.3, -0.25) is 0 Å². The molecule has 2 aromatic carbocycles. The summed E-state index contributed by atoms with van der Waals surface area (Å²) in [5, 5.41) is 11.1. The molecule has 0 heterocycles. The molecule has 19 heavy (non-hydrogen) atoms. The van der Waals surface area contributed by atoms with Crippen molar-refractivity contribution in [2.75, 3.05) is 5.33 Å². The van der Waals surface area contributed by atoms with Crippen LogP contribution in [0.15, 0.2) is 53.0 Å². The largest absolute Gasteiger partial charge is 0.385 e. The second-order valence-electron chi connectivity index (χ2n) is 4.80. The SMILES string of the molecule is CC(O)(CCBr)c1ccc(-c2ccc(Br)cc2)cc1. The summed E-state index contributed by atoms with van der Waals surface area (Å²) in [5.74, 6) is 0. The fraction of sp³-hybridized carbons (Fsp3) is 0.250. The number of rotatable bonds is 4. The molecule has 1 atom stereocenters. The summed E-state index contributed by atoms with van der Waals surface area (Å²) in [7, 11) is 0. The fourth-order valence-corrected chi connectivity index (χ4v) is 3.03. The summed E-state index contributed by atoms with van der Waals surface area (Å²) in [6.45, 7) is 1.85. The van der Waals surface area contributed by atoms with Crippen molar-refractivity contribution in [1.82, 2.24) is 0 Å². The fourth-order valence-electron chi connectivity index (χ4n) is 1.99. The molecule has 1 unspecified atom stereocenters. The molecule has 0 amide bonds. The molecule has 0 aliphatic heterocycles. The van der Waals surface area contributed by atoms with Crippen LogP contribution in [0, 0.1) is 0 Å². The topological polar surface area (TPSA) is 20.2 Å². The average Bonchev–Trinajstić information content (AvgIpc) is 2.40. The van der Waals surface area contributed by atoms with Crippen molar-refractivity contribution in [3.8, 4) is 11.1 Å². The van der Waals surface area contributed by atoms with Gasteiger partial charge in [0, 0.05) is 9.80 Å². The molecule has 0 spiro atoms. The zero-order chi connectivity index (χ0) is 13.9. The van der Waals surface area contributed by atoms with E-state index in [9.17, 15) is 5.11 Å². The molecule has 2 aromatic rings. The molecule has 0 aliphatic rings. The predicted octanol–water partition coefficient (Wildman–Crippen LogP) is 5.11. The van der Waals surface area contributed by atoms with Gasteiger partial charge in [-0.25, -0.2) is 0 Å². The van der Waals surface area contributed by atoms with Crippen LogP contribution in [0.2, 0.25) is 0 Å². The Morgan fingerprint density at radius 1 is 0.947 bits per heavy atom. The minimum absolute atomic E-state index is 0.699. The third kappa shape index (κ3) is 3.68. The van der Waals surface area contributed by atoms with E-state index in [2.05, 4.69) is 56.1 Å². The summed E-state index contributed by atoms with van der Waals surface area (Å²) < 4.78 is 1.08. The lowest BCUT2D eigenvalue weighted by molar-refractivity contribution is 0.0547.